The van der Waals surface area contributed by atoms with Crippen LogP contribution in [0.4, 0.5) is 5.69 Å². The Balaban J connectivity index is 1.29. The Morgan fingerprint density at radius 2 is 2.11 bits per heavy atom. The van der Waals surface area contributed by atoms with E-state index in [2.05, 4.69) is 26.1 Å². The van der Waals surface area contributed by atoms with Gasteiger partial charge in [0.2, 0.25) is 5.91 Å². The Morgan fingerprint density at radius 3 is 2.96 bits per heavy atom. The fourth-order valence-electron chi connectivity index (χ4n) is 5.51. The summed E-state index contributed by atoms with van der Waals surface area (Å²) >= 11 is 0. The lowest BCUT2D eigenvalue weighted by Gasteiger charge is -2.21. The van der Waals surface area contributed by atoms with Crippen LogP contribution in [0.5, 0.6) is 0 Å². The van der Waals surface area contributed by atoms with Crippen LogP contribution >= 0.6 is 0 Å². The minimum absolute atomic E-state index is 0.157. The van der Waals surface area contributed by atoms with Crippen molar-refractivity contribution in [2.45, 2.75) is 64.3 Å². The molecular weight excluding hydrogens is 336 g/mol. The molecule has 1 aliphatic heterocycles. The molecule has 2 heterocycles. The average molecular weight is 364 g/mol. The highest BCUT2D eigenvalue weighted by Gasteiger charge is 2.40. The van der Waals surface area contributed by atoms with E-state index in [-0.39, 0.29) is 5.91 Å². The van der Waals surface area contributed by atoms with Crippen LogP contribution in [0.2, 0.25) is 0 Å². The van der Waals surface area contributed by atoms with Gasteiger partial charge in [0.15, 0.2) is 5.82 Å². The van der Waals surface area contributed by atoms with Crippen molar-refractivity contribution in [2.24, 2.45) is 17.8 Å². The summed E-state index contributed by atoms with van der Waals surface area (Å²) in [7, 11) is 0. The van der Waals surface area contributed by atoms with E-state index in [0.29, 0.717) is 12.3 Å². The van der Waals surface area contributed by atoms with Gasteiger partial charge in [-0.15, -0.1) is 10.2 Å². The number of amides is 1. The summed E-state index contributed by atoms with van der Waals surface area (Å²) in [5.41, 5.74) is 1.90. The molecule has 5 heteroatoms. The molecule has 2 aliphatic carbocycles. The highest BCUT2D eigenvalue weighted by atomic mass is 16.1. The number of hydrogen-bond donors (Lipinski definition) is 1. The summed E-state index contributed by atoms with van der Waals surface area (Å²) in [4.78, 5) is 12.6. The predicted molar refractivity (Wildman–Crippen MR) is 105 cm³/mol. The van der Waals surface area contributed by atoms with Crippen LogP contribution in [-0.2, 0) is 17.8 Å². The van der Waals surface area contributed by atoms with Crippen molar-refractivity contribution in [3.63, 3.8) is 0 Å². The molecule has 2 fully saturated rings. The normalized spacial score (nSPS) is 26.6. The number of benzene rings is 1. The average Bonchev–Trinajstić information content (AvgIpc) is 3.34. The van der Waals surface area contributed by atoms with Crippen LogP contribution < -0.4 is 5.32 Å². The molecule has 1 amide bonds. The molecule has 2 aromatic rings. The fraction of sp³-hybridized carbons (Fsp3) is 0.591. The van der Waals surface area contributed by atoms with Crippen LogP contribution in [0, 0.1) is 17.8 Å². The molecule has 0 spiro atoms. The lowest BCUT2D eigenvalue weighted by atomic mass is 9.86. The van der Waals surface area contributed by atoms with E-state index in [1.807, 2.05) is 18.2 Å². The van der Waals surface area contributed by atoms with Gasteiger partial charge in [0.25, 0.3) is 0 Å². The number of nitrogens with one attached hydrogen (secondary N) is 1. The predicted octanol–water partition coefficient (Wildman–Crippen LogP) is 4.44. The lowest BCUT2D eigenvalue weighted by molar-refractivity contribution is -0.117. The van der Waals surface area contributed by atoms with Crippen molar-refractivity contribution in [1.29, 1.82) is 0 Å². The van der Waals surface area contributed by atoms with Gasteiger partial charge in [0.05, 0.1) is 0 Å². The second kappa shape index (κ2) is 7.10. The number of aryl methyl sites for hydroxylation is 1. The first-order valence-electron chi connectivity index (χ1n) is 10.6. The summed E-state index contributed by atoms with van der Waals surface area (Å²) < 4.78 is 2.25. The molecule has 27 heavy (non-hydrogen) atoms. The zero-order chi connectivity index (χ0) is 18.2. The van der Waals surface area contributed by atoms with E-state index in [1.165, 1.54) is 44.9 Å². The first-order chi connectivity index (χ1) is 13.3. The molecule has 1 aromatic heterocycles. The zero-order valence-electron chi connectivity index (χ0n) is 15.9. The van der Waals surface area contributed by atoms with Crippen LogP contribution in [0.3, 0.4) is 0 Å². The summed E-state index contributed by atoms with van der Waals surface area (Å²) in [6.45, 7) is 0.985. The molecule has 3 aliphatic rings. The van der Waals surface area contributed by atoms with E-state index in [1.54, 1.807) is 0 Å². The van der Waals surface area contributed by atoms with E-state index < -0.39 is 0 Å². The van der Waals surface area contributed by atoms with Gasteiger partial charge < -0.3 is 9.88 Å². The number of rotatable bonds is 4. The molecule has 2 saturated carbocycles. The van der Waals surface area contributed by atoms with Gasteiger partial charge in [-0.1, -0.05) is 25.0 Å². The molecule has 142 valence electrons. The van der Waals surface area contributed by atoms with Crippen molar-refractivity contribution in [1.82, 2.24) is 14.8 Å². The molecule has 3 atom stereocenters. The third kappa shape index (κ3) is 3.40. The second-order valence-electron chi connectivity index (χ2n) is 8.67. The minimum atomic E-state index is 0.157. The molecule has 5 rings (SSSR count). The van der Waals surface area contributed by atoms with Crippen molar-refractivity contribution < 1.29 is 4.79 Å². The minimum Gasteiger partial charge on any atom is -0.326 e. The summed E-state index contributed by atoms with van der Waals surface area (Å²) in [5.74, 6) is 4.45. The van der Waals surface area contributed by atoms with Crippen LogP contribution in [0.1, 0.15) is 57.2 Å². The number of aromatic nitrogens is 3. The highest BCUT2D eigenvalue weighted by molar-refractivity contribution is 5.91. The first-order valence-corrected chi connectivity index (χ1v) is 10.6. The molecule has 1 N–H and O–H groups in total. The quantitative estimate of drug-likeness (QED) is 0.873. The Kier molecular flexibility index (Phi) is 4.46. The molecule has 5 nitrogen and oxygen atoms in total. The molecule has 1 aromatic carbocycles. The van der Waals surface area contributed by atoms with Crippen LogP contribution in [-0.4, -0.2) is 20.7 Å². The van der Waals surface area contributed by atoms with Gasteiger partial charge in [-0.2, -0.15) is 0 Å². The number of fused-ring (bicyclic) bond motifs is 3. The van der Waals surface area contributed by atoms with Gasteiger partial charge in [-0.05, 0) is 62.0 Å². The van der Waals surface area contributed by atoms with E-state index >= 15 is 0 Å². The standard InChI is InChI=1S/C22H28N4O/c27-21(14-18-12-15-8-9-16(18)11-15)23-19-6-4-5-17(13-19)22-25-24-20-7-2-1-3-10-26(20)22/h4-6,13,15-16,18H,1-3,7-12,14H2,(H,23,27)/t15-,16-,18+/m1/s1. The maximum absolute atomic E-state index is 12.6. The van der Waals surface area contributed by atoms with Crippen LogP contribution in [0.15, 0.2) is 24.3 Å². The largest absolute Gasteiger partial charge is 0.326 e. The zero-order valence-corrected chi connectivity index (χ0v) is 15.9. The molecular formula is C22H28N4O. The highest BCUT2D eigenvalue weighted by Crippen LogP contribution is 2.49. The number of anilines is 1. The van der Waals surface area contributed by atoms with Gasteiger partial charge in [0.1, 0.15) is 5.82 Å². The molecule has 0 saturated heterocycles. The number of hydrogen-bond acceptors (Lipinski definition) is 3. The Morgan fingerprint density at radius 1 is 1.15 bits per heavy atom. The Bertz CT molecular complexity index is 843. The summed E-state index contributed by atoms with van der Waals surface area (Å²) in [5, 5.41) is 12.0. The lowest BCUT2D eigenvalue weighted by Crippen LogP contribution is -2.20. The Hall–Kier alpha value is -2.17. The maximum Gasteiger partial charge on any atom is 0.224 e. The van der Waals surface area contributed by atoms with Gasteiger partial charge in [0, 0.05) is 30.6 Å². The fourth-order valence-corrected chi connectivity index (χ4v) is 5.51. The molecule has 0 radical (unpaired) electrons. The van der Waals surface area contributed by atoms with Crippen molar-refractivity contribution in [3.05, 3.63) is 30.1 Å². The van der Waals surface area contributed by atoms with E-state index in [0.717, 1.165) is 47.7 Å². The smallest absolute Gasteiger partial charge is 0.224 e. The molecule has 2 bridgehead atoms. The summed E-state index contributed by atoms with van der Waals surface area (Å²) in [6.07, 6.45) is 10.6. The Labute approximate surface area is 160 Å². The third-order valence-corrected chi connectivity index (χ3v) is 6.85. The van der Waals surface area contributed by atoms with Crippen molar-refractivity contribution in [2.75, 3.05) is 5.32 Å². The van der Waals surface area contributed by atoms with Crippen LogP contribution in [0.25, 0.3) is 11.4 Å². The SMILES string of the molecule is O=C(C[C@@H]1C[C@@H]2CC[C@@H]1C2)Nc1cccc(-c2nnc3n2CCCCC3)c1. The topological polar surface area (TPSA) is 59.8 Å². The molecule has 0 unspecified atom stereocenters. The first kappa shape index (κ1) is 17.0. The van der Waals surface area contributed by atoms with E-state index in [9.17, 15) is 4.79 Å². The monoisotopic (exact) mass is 364 g/mol. The second-order valence-corrected chi connectivity index (χ2v) is 8.67. The van der Waals surface area contributed by atoms with Gasteiger partial charge in [-0.3, -0.25) is 4.79 Å². The number of carbonyl (C=O) groups is 1. The van der Waals surface area contributed by atoms with Gasteiger partial charge >= 0.3 is 0 Å². The number of nitrogens with zero attached hydrogens (tertiary/aromatic N) is 3. The maximum atomic E-state index is 12.6. The van der Waals surface area contributed by atoms with E-state index in [4.69, 9.17) is 0 Å². The van der Waals surface area contributed by atoms with Crippen molar-refractivity contribution in [3.8, 4) is 11.4 Å². The van der Waals surface area contributed by atoms with Crippen molar-refractivity contribution >= 4 is 11.6 Å². The number of carbonyl (C=O) groups excluding carboxylic acids is 1. The third-order valence-electron chi connectivity index (χ3n) is 6.85. The summed E-state index contributed by atoms with van der Waals surface area (Å²) in [6, 6.07) is 8.08. The van der Waals surface area contributed by atoms with Gasteiger partial charge in [-0.25, -0.2) is 0 Å².